The minimum absolute atomic E-state index is 0.796. The summed E-state index contributed by atoms with van der Waals surface area (Å²) in [5.41, 5.74) is 0. The van der Waals surface area contributed by atoms with E-state index < -0.39 is 0 Å². The summed E-state index contributed by atoms with van der Waals surface area (Å²) >= 11 is 0. The fourth-order valence-electron chi connectivity index (χ4n) is 1.94. The molecule has 0 aromatic carbocycles. The lowest BCUT2D eigenvalue weighted by molar-refractivity contribution is 0.415. The molecule has 1 heterocycles. The van der Waals surface area contributed by atoms with Crippen LogP contribution < -0.4 is 5.32 Å². The molecule has 1 atom stereocenters. The van der Waals surface area contributed by atoms with E-state index in [9.17, 15) is 0 Å². The van der Waals surface area contributed by atoms with Crippen molar-refractivity contribution < 1.29 is 0 Å². The highest BCUT2D eigenvalue weighted by Crippen LogP contribution is 2.11. The van der Waals surface area contributed by atoms with Crippen LogP contribution in [0, 0.1) is 12.8 Å². The summed E-state index contributed by atoms with van der Waals surface area (Å²) in [6, 6.07) is 0. The second kappa shape index (κ2) is 7.43. The second-order valence-corrected chi connectivity index (χ2v) is 4.77. The number of aromatic nitrogens is 3. The van der Waals surface area contributed by atoms with Crippen LogP contribution in [0.4, 0.5) is 0 Å². The van der Waals surface area contributed by atoms with Crippen LogP contribution in [0.15, 0.2) is 0 Å². The molecule has 0 aliphatic carbocycles. The summed E-state index contributed by atoms with van der Waals surface area (Å²) in [5, 5.41) is 11.7. The van der Waals surface area contributed by atoms with Crippen molar-refractivity contribution in [1.29, 1.82) is 0 Å². The van der Waals surface area contributed by atoms with Crippen LogP contribution in [0.1, 0.15) is 51.2 Å². The van der Waals surface area contributed by atoms with E-state index in [1.807, 2.05) is 18.5 Å². The summed E-state index contributed by atoms with van der Waals surface area (Å²) in [7, 11) is 2.01. The Bertz CT molecular complexity index is 319. The van der Waals surface area contributed by atoms with Gasteiger partial charge in [-0.15, -0.1) is 10.2 Å². The van der Waals surface area contributed by atoms with Gasteiger partial charge in [-0.3, -0.25) is 0 Å². The fraction of sp³-hybridized carbons (Fsp3) is 0.846. The third kappa shape index (κ3) is 4.46. The highest BCUT2D eigenvalue weighted by Gasteiger charge is 2.07. The SMILES string of the molecule is CCCCC(CC)CNCc1nnc(C)n1C. The topological polar surface area (TPSA) is 42.7 Å². The summed E-state index contributed by atoms with van der Waals surface area (Å²) in [6.45, 7) is 8.41. The number of unbranched alkanes of at least 4 members (excludes halogenated alkanes) is 1. The van der Waals surface area contributed by atoms with Crippen molar-refractivity contribution in [3.8, 4) is 0 Å². The largest absolute Gasteiger partial charge is 0.317 e. The van der Waals surface area contributed by atoms with Gasteiger partial charge in [0, 0.05) is 7.05 Å². The molecule has 0 aliphatic heterocycles. The van der Waals surface area contributed by atoms with Gasteiger partial charge in [0.2, 0.25) is 0 Å². The molecular formula is C13H26N4. The Labute approximate surface area is 105 Å². The molecule has 4 heteroatoms. The molecule has 1 rings (SSSR count). The maximum Gasteiger partial charge on any atom is 0.146 e. The zero-order valence-electron chi connectivity index (χ0n) is 11.7. The molecule has 1 aromatic rings. The molecule has 0 aliphatic rings. The van der Waals surface area contributed by atoms with Crippen molar-refractivity contribution >= 4 is 0 Å². The first-order valence-corrected chi connectivity index (χ1v) is 6.74. The molecule has 0 amide bonds. The first kappa shape index (κ1) is 14.2. The first-order chi connectivity index (χ1) is 8.19. The second-order valence-electron chi connectivity index (χ2n) is 4.77. The smallest absolute Gasteiger partial charge is 0.146 e. The number of nitrogens with one attached hydrogen (secondary N) is 1. The predicted molar refractivity (Wildman–Crippen MR) is 70.8 cm³/mol. The monoisotopic (exact) mass is 238 g/mol. The van der Waals surface area contributed by atoms with Crippen LogP contribution in [-0.4, -0.2) is 21.3 Å². The van der Waals surface area contributed by atoms with Crippen LogP contribution in [-0.2, 0) is 13.6 Å². The van der Waals surface area contributed by atoms with E-state index in [2.05, 4.69) is 29.4 Å². The van der Waals surface area contributed by atoms with Crippen molar-refractivity contribution in [2.75, 3.05) is 6.54 Å². The van der Waals surface area contributed by atoms with E-state index >= 15 is 0 Å². The normalized spacial score (nSPS) is 12.9. The number of aryl methyl sites for hydroxylation is 1. The Morgan fingerprint density at radius 3 is 2.59 bits per heavy atom. The number of hydrogen-bond donors (Lipinski definition) is 1. The zero-order valence-corrected chi connectivity index (χ0v) is 11.7. The van der Waals surface area contributed by atoms with Gasteiger partial charge in [-0.05, 0) is 25.8 Å². The van der Waals surface area contributed by atoms with Crippen molar-refractivity contribution in [1.82, 2.24) is 20.1 Å². The average molecular weight is 238 g/mol. The highest BCUT2D eigenvalue weighted by atomic mass is 15.3. The summed E-state index contributed by atoms with van der Waals surface area (Å²) in [5.74, 6) is 2.79. The summed E-state index contributed by atoms with van der Waals surface area (Å²) in [6.07, 6.45) is 5.21. The quantitative estimate of drug-likeness (QED) is 0.756. The van der Waals surface area contributed by atoms with Gasteiger partial charge in [0.25, 0.3) is 0 Å². The number of rotatable bonds is 8. The molecule has 0 bridgehead atoms. The molecule has 0 saturated heterocycles. The number of nitrogens with zero attached hydrogens (tertiary/aromatic N) is 3. The van der Waals surface area contributed by atoms with Crippen LogP contribution in [0.3, 0.4) is 0 Å². The highest BCUT2D eigenvalue weighted by molar-refractivity contribution is 4.91. The van der Waals surface area contributed by atoms with E-state index in [1.165, 1.54) is 25.7 Å². The maximum absolute atomic E-state index is 4.15. The summed E-state index contributed by atoms with van der Waals surface area (Å²) in [4.78, 5) is 0. The minimum Gasteiger partial charge on any atom is -0.317 e. The van der Waals surface area contributed by atoms with Crippen molar-refractivity contribution in [2.24, 2.45) is 13.0 Å². The Balaban J connectivity index is 2.28. The third-order valence-electron chi connectivity index (χ3n) is 3.44. The van der Waals surface area contributed by atoms with Gasteiger partial charge in [-0.2, -0.15) is 0 Å². The van der Waals surface area contributed by atoms with Gasteiger partial charge in [0.15, 0.2) is 0 Å². The average Bonchev–Trinajstić information content (AvgIpc) is 2.65. The van der Waals surface area contributed by atoms with E-state index in [0.717, 1.165) is 30.7 Å². The van der Waals surface area contributed by atoms with Crippen LogP contribution >= 0.6 is 0 Å². The Kier molecular flexibility index (Phi) is 6.19. The van der Waals surface area contributed by atoms with Gasteiger partial charge in [-0.25, -0.2) is 0 Å². The van der Waals surface area contributed by atoms with Gasteiger partial charge >= 0.3 is 0 Å². The number of hydrogen-bond acceptors (Lipinski definition) is 3. The van der Waals surface area contributed by atoms with Crippen molar-refractivity contribution in [3.05, 3.63) is 11.6 Å². The van der Waals surface area contributed by atoms with E-state index in [-0.39, 0.29) is 0 Å². The van der Waals surface area contributed by atoms with Gasteiger partial charge in [0.1, 0.15) is 11.6 Å². The zero-order chi connectivity index (χ0) is 12.7. The first-order valence-electron chi connectivity index (χ1n) is 6.74. The molecule has 1 N–H and O–H groups in total. The van der Waals surface area contributed by atoms with Crippen molar-refractivity contribution in [2.45, 2.75) is 53.0 Å². The van der Waals surface area contributed by atoms with E-state index in [4.69, 9.17) is 0 Å². The summed E-state index contributed by atoms with van der Waals surface area (Å²) < 4.78 is 2.04. The molecule has 0 radical (unpaired) electrons. The molecule has 1 unspecified atom stereocenters. The molecule has 0 fully saturated rings. The van der Waals surface area contributed by atoms with Gasteiger partial charge < -0.3 is 9.88 Å². The van der Waals surface area contributed by atoms with Gasteiger partial charge in [0.05, 0.1) is 6.54 Å². The van der Waals surface area contributed by atoms with Crippen LogP contribution in [0.25, 0.3) is 0 Å². The lowest BCUT2D eigenvalue weighted by atomic mass is 9.99. The fourth-order valence-corrected chi connectivity index (χ4v) is 1.94. The van der Waals surface area contributed by atoms with E-state index in [0.29, 0.717) is 0 Å². The molecule has 0 spiro atoms. The lowest BCUT2D eigenvalue weighted by Crippen LogP contribution is -2.23. The van der Waals surface area contributed by atoms with Crippen molar-refractivity contribution in [3.63, 3.8) is 0 Å². The Morgan fingerprint density at radius 2 is 2.06 bits per heavy atom. The molecular weight excluding hydrogens is 212 g/mol. The van der Waals surface area contributed by atoms with Gasteiger partial charge in [-0.1, -0.05) is 33.1 Å². The molecule has 98 valence electrons. The lowest BCUT2D eigenvalue weighted by Gasteiger charge is -2.14. The molecule has 1 aromatic heterocycles. The maximum atomic E-state index is 4.15. The standard InChI is InChI=1S/C13H26N4/c1-5-7-8-12(6-2)9-14-10-13-16-15-11(3)17(13)4/h12,14H,5-10H2,1-4H3. The Morgan fingerprint density at radius 1 is 1.29 bits per heavy atom. The molecule has 4 nitrogen and oxygen atoms in total. The van der Waals surface area contributed by atoms with Crippen LogP contribution in [0.5, 0.6) is 0 Å². The minimum atomic E-state index is 0.796. The van der Waals surface area contributed by atoms with E-state index in [1.54, 1.807) is 0 Å². The third-order valence-corrected chi connectivity index (χ3v) is 3.44. The molecule has 17 heavy (non-hydrogen) atoms. The van der Waals surface area contributed by atoms with Crippen LogP contribution in [0.2, 0.25) is 0 Å². The molecule has 0 saturated carbocycles. The predicted octanol–water partition coefficient (Wildman–Crippen LogP) is 2.43. The Hall–Kier alpha value is -0.900.